The van der Waals surface area contributed by atoms with Crippen LogP contribution in [0.15, 0.2) is 54.9 Å². The summed E-state index contributed by atoms with van der Waals surface area (Å²) in [6, 6.07) is 13.0. The lowest BCUT2D eigenvalue weighted by Gasteiger charge is -2.05. The Bertz CT molecular complexity index is 471. The lowest BCUT2D eigenvalue weighted by atomic mass is 10.2. The van der Waals surface area contributed by atoms with Crippen molar-refractivity contribution in [2.45, 2.75) is 6.61 Å². The Kier molecular flexibility index (Phi) is 3.83. The summed E-state index contributed by atoms with van der Waals surface area (Å²) in [4.78, 5) is 20.5. The third-order valence-corrected chi connectivity index (χ3v) is 2.17. The molecule has 1 aromatic heterocycles. The highest BCUT2D eigenvalue weighted by Gasteiger charge is 2.04. The minimum Gasteiger partial charge on any atom is -0.269 e. The van der Waals surface area contributed by atoms with E-state index in [0.29, 0.717) is 12.2 Å². The fourth-order valence-corrected chi connectivity index (χ4v) is 1.32. The van der Waals surface area contributed by atoms with Crippen molar-refractivity contribution >= 4 is 5.91 Å². The highest BCUT2D eigenvalue weighted by Crippen LogP contribution is 2.00. The van der Waals surface area contributed by atoms with Crippen LogP contribution in [0.3, 0.4) is 0 Å². The zero-order valence-electron chi connectivity index (χ0n) is 9.17. The molecule has 1 N–H and O–H groups in total. The van der Waals surface area contributed by atoms with Crippen molar-refractivity contribution in [3.63, 3.8) is 0 Å². The average Bonchev–Trinajstić information content (AvgIpc) is 2.41. The van der Waals surface area contributed by atoms with Gasteiger partial charge in [0.2, 0.25) is 0 Å². The molecular weight excluding hydrogens is 216 g/mol. The Balaban J connectivity index is 1.82. The maximum absolute atomic E-state index is 11.6. The second-order valence-electron chi connectivity index (χ2n) is 3.45. The number of amides is 1. The predicted molar refractivity (Wildman–Crippen MR) is 62.9 cm³/mol. The van der Waals surface area contributed by atoms with E-state index in [1.807, 2.05) is 30.3 Å². The third kappa shape index (κ3) is 3.39. The van der Waals surface area contributed by atoms with E-state index in [4.69, 9.17) is 4.84 Å². The van der Waals surface area contributed by atoms with Crippen LogP contribution in [0.1, 0.15) is 15.9 Å². The molecule has 1 heterocycles. The van der Waals surface area contributed by atoms with Gasteiger partial charge >= 0.3 is 0 Å². The number of hydrogen-bond donors (Lipinski definition) is 1. The second-order valence-corrected chi connectivity index (χ2v) is 3.45. The number of nitrogens with one attached hydrogen (secondary N) is 1. The molecule has 0 radical (unpaired) electrons. The zero-order chi connectivity index (χ0) is 11.9. The van der Waals surface area contributed by atoms with Gasteiger partial charge in [-0.3, -0.25) is 14.6 Å². The highest BCUT2D eigenvalue weighted by molar-refractivity contribution is 5.92. The van der Waals surface area contributed by atoms with Gasteiger partial charge in [0.25, 0.3) is 5.91 Å². The molecule has 0 aliphatic carbocycles. The zero-order valence-corrected chi connectivity index (χ0v) is 9.17. The summed E-state index contributed by atoms with van der Waals surface area (Å²) in [5, 5.41) is 0. The number of carbonyl (C=O) groups is 1. The molecule has 86 valence electrons. The van der Waals surface area contributed by atoms with Crippen molar-refractivity contribution in [1.82, 2.24) is 10.5 Å². The molecule has 0 aliphatic rings. The molecule has 2 rings (SSSR count). The van der Waals surface area contributed by atoms with E-state index < -0.39 is 0 Å². The number of hydrogen-bond acceptors (Lipinski definition) is 3. The average molecular weight is 228 g/mol. The Morgan fingerprint density at radius 1 is 1.18 bits per heavy atom. The van der Waals surface area contributed by atoms with Gasteiger partial charge in [0, 0.05) is 12.4 Å². The number of pyridine rings is 1. The van der Waals surface area contributed by atoms with E-state index in [2.05, 4.69) is 10.5 Å². The SMILES string of the molecule is O=C(NOCc1ccccc1)c1cccnc1. The van der Waals surface area contributed by atoms with Gasteiger partial charge in [-0.2, -0.15) is 0 Å². The quantitative estimate of drug-likeness (QED) is 0.814. The Morgan fingerprint density at radius 3 is 2.71 bits per heavy atom. The first-order valence-corrected chi connectivity index (χ1v) is 5.22. The first-order chi connectivity index (χ1) is 8.36. The van der Waals surface area contributed by atoms with Crippen molar-refractivity contribution in [1.29, 1.82) is 0 Å². The molecule has 1 amide bonds. The molecule has 0 unspecified atom stereocenters. The van der Waals surface area contributed by atoms with E-state index in [0.717, 1.165) is 5.56 Å². The molecule has 0 atom stereocenters. The number of aromatic nitrogens is 1. The first-order valence-electron chi connectivity index (χ1n) is 5.22. The van der Waals surface area contributed by atoms with Crippen molar-refractivity contribution in [3.05, 3.63) is 66.0 Å². The summed E-state index contributed by atoms with van der Waals surface area (Å²) in [6.45, 7) is 0.340. The number of benzene rings is 1. The molecule has 0 bridgehead atoms. The van der Waals surface area contributed by atoms with E-state index in [-0.39, 0.29) is 5.91 Å². The minimum absolute atomic E-state index is 0.297. The normalized spacial score (nSPS) is 9.88. The lowest BCUT2D eigenvalue weighted by Crippen LogP contribution is -2.23. The Hall–Kier alpha value is -2.20. The number of rotatable bonds is 4. The van der Waals surface area contributed by atoms with Gasteiger partial charge in [-0.1, -0.05) is 30.3 Å². The van der Waals surface area contributed by atoms with Crippen LogP contribution < -0.4 is 5.48 Å². The molecule has 17 heavy (non-hydrogen) atoms. The smallest absolute Gasteiger partial charge is 0.269 e. The summed E-state index contributed by atoms with van der Waals surface area (Å²) >= 11 is 0. The maximum atomic E-state index is 11.6. The van der Waals surface area contributed by atoms with Gasteiger partial charge in [0.05, 0.1) is 12.2 Å². The van der Waals surface area contributed by atoms with E-state index in [1.54, 1.807) is 18.3 Å². The number of hydroxylamine groups is 1. The van der Waals surface area contributed by atoms with E-state index in [9.17, 15) is 4.79 Å². The van der Waals surface area contributed by atoms with Gasteiger partial charge in [0.1, 0.15) is 0 Å². The minimum atomic E-state index is -0.297. The van der Waals surface area contributed by atoms with Gasteiger partial charge in [-0.25, -0.2) is 5.48 Å². The second kappa shape index (κ2) is 5.77. The third-order valence-electron chi connectivity index (χ3n) is 2.17. The van der Waals surface area contributed by atoms with Gasteiger partial charge in [-0.05, 0) is 17.7 Å². The molecule has 0 saturated heterocycles. The highest BCUT2D eigenvalue weighted by atomic mass is 16.6. The molecule has 0 aliphatic heterocycles. The fraction of sp³-hybridized carbons (Fsp3) is 0.0769. The van der Waals surface area contributed by atoms with Crippen LogP contribution >= 0.6 is 0 Å². The Labute approximate surface area is 99.2 Å². The lowest BCUT2D eigenvalue weighted by molar-refractivity contribution is 0.0233. The van der Waals surface area contributed by atoms with Crippen molar-refractivity contribution in [3.8, 4) is 0 Å². The molecule has 0 saturated carbocycles. The topological polar surface area (TPSA) is 51.2 Å². The van der Waals surface area contributed by atoms with E-state index in [1.165, 1.54) is 6.20 Å². The number of carbonyl (C=O) groups excluding carboxylic acids is 1. The van der Waals surface area contributed by atoms with Crippen LogP contribution in [0.25, 0.3) is 0 Å². The summed E-state index contributed by atoms with van der Waals surface area (Å²) in [6.07, 6.45) is 3.10. The van der Waals surface area contributed by atoms with Crippen LogP contribution in [0.4, 0.5) is 0 Å². The summed E-state index contributed by atoms with van der Waals surface area (Å²) in [5.41, 5.74) is 3.84. The van der Waals surface area contributed by atoms with Gasteiger partial charge < -0.3 is 0 Å². The molecule has 2 aromatic rings. The van der Waals surface area contributed by atoms with Crippen LogP contribution in [-0.2, 0) is 11.4 Å². The molecule has 4 heteroatoms. The standard InChI is InChI=1S/C13H12N2O2/c16-13(12-7-4-8-14-9-12)15-17-10-11-5-2-1-3-6-11/h1-9H,10H2,(H,15,16). The van der Waals surface area contributed by atoms with Crippen molar-refractivity contribution < 1.29 is 9.63 Å². The van der Waals surface area contributed by atoms with Gasteiger partial charge in [0.15, 0.2) is 0 Å². The molecule has 0 spiro atoms. The van der Waals surface area contributed by atoms with Crippen LogP contribution in [0, 0.1) is 0 Å². The number of nitrogens with zero attached hydrogens (tertiary/aromatic N) is 1. The largest absolute Gasteiger partial charge is 0.276 e. The Morgan fingerprint density at radius 2 is 2.00 bits per heavy atom. The van der Waals surface area contributed by atoms with Crippen LogP contribution in [0.5, 0.6) is 0 Å². The van der Waals surface area contributed by atoms with E-state index >= 15 is 0 Å². The summed E-state index contributed by atoms with van der Waals surface area (Å²) in [7, 11) is 0. The fourth-order valence-electron chi connectivity index (χ4n) is 1.32. The van der Waals surface area contributed by atoms with Crippen LogP contribution in [0.2, 0.25) is 0 Å². The van der Waals surface area contributed by atoms with Crippen molar-refractivity contribution in [2.75, 3.05) is 0 Å². The summed E-state index contributed by atoms with van der Waals surface area (Å²) in [5.74, 6) is -0.297. The van der Waals surface area contributed by atoms with Crippen molar-refractivity contribution in [2.24, 2.45) is 0 Å². The molecule has 1 aromatic carbocycles. The monoisotopic (exact) mass is 228 g/mol. The van der Waals surface area contributed by atoms with Crippen LogP contribution in [-0.4, -0.2) is 10.9 Å². The molecule has 0 fully saturated rings. The summed E-state index contributed by atoms with van der Waals surface area (Å²) < 4.78 is 0. The first kappa shape index (κ1) is 11.3. The predicted octanol–water partition coefficient (Wildman–Crippen LogP) is 1.94. The maximum Gasteiger partial charge on any atom is 0.276 e. The molecule has 4 nitrogen and oxygen atoms in total. The molecular formula is C13H12N2O2. The van der Waals surface area contributed by atoms with Gasteiger partial charge in [-0.15, -0.1) is 0 Å².